The molecule has 4 heteroatoms. The Balaban J connectivity index is 1.93. The van der Waals surface area contributed by atoms with Crippen LogP contribution in [0.2, 0.25) is 0 Å². The van der Waals surface area contributed by atoms with Gasteiger partial charge in [-0.2, -0.15) is 0 Å². The second-order valence-electron chi connectivity index (χ2n) is 5.12. The second-order valence-corrected chi connectivity index (χ2v) is 6.12. The number of hydrogen-bond acceptors (Lipinski definition) is 3. The van der Waals surface area contributed by atoms with Crippen molar-refractivity contribution in [2.75, 3.05) is 13.6 Å². The number of amides is 1. The van der Waals surface area contributed by atoms with Crippen LogP contribution in [0.5, 0.6) is 0 Å². The van der Waals surface area contributed by atoms with Crippen LogP contribution < -0.4 is 5.32 Å². The zero-order valence-electron chi connectivity index (χ0n) is 12.8. The Bertz CT molecular complexity index is 579. The van der Waals surface area contributed by atoms with Crippen molar-refractivity contribution in [3.8, 4) is 11.1 Å². The number of likely N-dealkylation sites (N-methyl/N-ethyl adjacent to an activating group) is 1. The summed E-state index contributed by atoms with van der Waals surface area (Å²) in [5.41, 5.74) is 2.47. The smallest absolute Gasteiger partial charge is 0.239 e. The van der Waals surface area contributed by atoms with Crippen molar-refractivity contribution in [2.45, 2.75) is 26.4 Å². The lowest BCUT2D eigenvalue weighted by Gasteiger charge is -2.20. The molecular weight excluding hydrogens is 280 g/mol. The Morgan fingerprint density at radius 3 is 2.67 bits per heavy atom. The Morgan fingerprint density at radius 2 is 2.00 bits per heavy atom. The number of nitrogens with one attached hydrogen (secondary N) is 1. The monoisotopic (exact) mass is 302 g/mol. The van der Waals surface area contributed by atoms with E-state index < -0.39 is 0 Å². The summed E-state index contributed by atoms with van der Waals surface area (Å²) >= 11 is 1.72. The second kappa shape index (κ2) is 7.38. The molecule has 1 unspecified atom stereocenters. The van der Waals surface area contributed by atoms with Gasteiger partial charge in [0.15, 0.2) is 0 Å². The molecule has 112 valence electrons. The summed E-state index contributed by atoms with van der Waals surface area (Å²) in [4.78, 5) is 15.0. The minimum atomic E-state index is -0.155. The highest BCUT2D eigenvalue weighted by molar-refractivity contribution is 7.10. The Morgan fingerprint density at radius 1 is 1.29 bits per heavy atom. The summed E-state index contributed by atoms with van der Waals surface area (Å²) in [5.74, 6) is 0.136. The van der Waals surface area contributed by atoms with E-state index in [9.17, 15) is 4.79 Å². The van der Waals surface area contributed by atoms with E-state index in [0.29, 0.717) is 0 Å². The summed E-state index contributed by atoms with van der Waals surface area (Å²) < 4.78 is 0. The van der Waals surface area contributed by atoms with Crippen molar-refractivity contribution in [3.05, 3.63) is 46.7 Å². The quantitative estimate of drug-likeness (QED) is 0.887. The van der Waals surface area contributed by atoms with Gasteiger partial charge >= 0.3 is 0 Å². The minimum Gasteiger partial charge on any atom is -0.345 e. The maximum Gasteiger partial charge on any atom is 0.239 e. The van der Waals surface area contributed by atoms with E-state index in [1.165, 1.54) is 16.0 Å². The lowest BCUT2D eigenvalue weighted by molar-refractivity contribution is -0.131. The molecule has 0 aliphatic carbocycles. The van der Waals surface area contributed by atoms with Gasteiger partial charge in [-0.25, -0.2) is 0 Å². The van der Waals surface area contributed by atoms with Gasteiger partial charge in [0.05, 0.1) is 6.04 Å². The number of carbonyl (C=O) groups is 1. The van der Waals surface area contributed by atoms with Gasteiger partial charge in [-0.1, -0.05) is 30.3 Å². The van der Waals surface area contributed by atoms with E-state index in [2.05, 4.69) is 28.9 Å². The van der Waals surface area contributed by atoms with Gasteiger partial charge in [0.25, 0.3) is 0 Å². The number of rotatable bonds is 6. The normalized spacial score (nSPS) is 12.1. The van der Waals surface area contributed by atoms with Crippen LogP contribution in [0.4, 0.5) is 0 Å². The molecule has 21 heavy (non-hydrogen) atoms. The first-order valence-corrected chi connectivity index (χ1v) is 8.11. The molecule has 1 amide bonds. The fourth-order valence-electron chi connectivity index (χ4n) is 2.08. The summed E-state index contributed by atoms with van der Waals surface area (Å²) in [6.07, 6.45) is 0. The van der Waals surface area contributed by atoms with E-state index in [4.69, 9.17) is 0 Å². The lowest BCUT2D eigenvalue weighted by atomic mass is 10.1. The number of hydrogen-bond donors (Lipinski definition) is 1. The van der Waals surface area contributed by atoms with Crippen LogP contribution in [0.3, 0.4) is 0 Å². The van der Waals surface area contributed by atoms with Gasteiger partial charge in [-0.05, 0) is 36.4 Å². The molecule has 2 rings (SSSR count). The average molecular weight is 302 g/mol. The van der Waals surface area contributed by atoms with Crippen molar-refractivity contribution < 1.29 is 4.79 Å². The minimum absolute atomic E-state index is 0.136. The third-order valence-corrected chi connectivity index (χ3v) is 4.50. The van der Waals surface area contributed by atoms with E-state index in [1.807, 2.05) is 39.1 Å². The number of thiophene rings is 1. The molecular formula is C17H22N2OS. The molecule has 1 aromatic carbocycles. The van der Waals surface area contributed by atoms with E-state index in [-0.39, 0.29) is 11.9 Å². The van der Waals surface area contributed by atoms with Crippen LogP contribution in [0, 0.1) is 0 Å². The van der Waals surface area contributed by atoms with E-state index in [1.54, 1.807) is 16.2 Å². The van der Waals surface area contributed by atoms with Crippen LogP contribution in [0.25, 0.3) is 11.1 Å². The molecule has 0 saturated heterocycles. The first kappa shape index (κ1) is 15.7. The Labute approximate surface area is 130 Å². The molecule has 0 aliphatic heterocycles. The lowest BCUT2D eigenvalue weighted by Crippen LogP contribution is -2.42. The molecule has 0 aliphatic rings. The zero-order chi connectivity index (χ0) is 15.2. The summed E-state index contributed by atoms with van der Waals surface area (Å²) in [6.45, 7) is 5.36. The standard InChI is InChI=1S/C17H22N2OS/c1-4-19(3)17(20)13(2)18-11-16-10-15(12-21-16)14-8-6-5-7-9-14/h5-10,12-13,18H,4,11H2,1-3H3. The Hall–Kier alpha value is -1.65. The van der Waals surface area contributed by atoms with Crippen molar-refractivity contribution in [3.63, 3.8) is 0 Å². The largest absolute Gasteiger partial charge is 0.345 e. The Kier molecular flexibility index (Phi) is 5.53. The third-order valence-electron chi connectivity index (χ3n) is 3.56. The maximum absolute atomic E-state index is 12.0. The van der Waals surface area contributed by atoms with Crippen LogP contribution in [-0.4, -0.2) is 30.4 Å². The van der Waals surface area contributed by atoms with Gasteiger partial charge in [0, 0.05) is 25.0 Å². The summed E-state index contributed by atoms with van der Waals surface area (Å²) in [6, 6.07) is 12.4. The van der Waals surface area contributed by atoms with Gasteiger partial charge < -0.3 is 10.2 Å². The highest BCUT2D eigenvalue weighted by Crippen LogP contribution is 2.25. The van der Waals surface area contributed by atoms with Crippen LogP contribution in [0.15, 0.2) is 41.8 Å². The highest BCUT2D eigenvalue weighted by Gasteiger charge is 2.15. The molecule has 0 spiro atoms. The van der Waals surface area contributed by atoms with Crippen LogP contribution in [-0.2, 0) is 11.3 Å². The number of benzene rings is 1. The molecule has 1 atom stereocenters. The maximum atomic E-state index is 12.0. The predicted octanol–water partition coefficient (Wildman–Crippen LogP) is 3.37. The number of carbonyl (C=O) groups excluding carboxylic acids is 1. The molecule has 1 heterocycles. The first-order chi connectivity index (χ1) is 10.1. The summed E-state index contributed by atoms with van der Waals surface area (Å²) in [5, 5.41) is 5.46. The topological polar surface area (TPSA) is 32.3 Å². The molecule has 2 aromatic rings. The van der Waals surface area contributed by atoms with Crippen LogP contribution in [0.1, 0.15) is 18.7 Å². The van der Waals surface area contributed by atoms with Crippen molar-refractivity contribution in [1.29, 1.82) is 0 Å². The first-order valence-electron chi connectivity index (χ1n) is 7.23. The average Bonchev–Trinajstić information content (AvgIpc) is 3.01. The molecule has 0 bridgehead atoms. The molecule has 0 fully saturated rings. The molecule has 1 N–H and O–H groups in total. The van der Waals surface area contributed by atoms with Gasteiger partial charge in [-0.15, -0.1) is 11.3 Å². The van der Waals surface area contributed by atoms with Gasteiger partial charge in [0.2, 0.25) is 5.91 Å². The zero-order valence-corrected chi connectivity index (χ0v) is 13.6. The highest BCUT2D eigenvalue weighted by atomic mass is 32.1. The number of nitrogens with zero attached hydrogens (tertiary/aromatic N) is 1. The molecule has 0 radical (unpaired) electrons. The SMILES string of the molecule is CCN(C)C(=O)C(C)NCc1cc(-c2ccccc2)cs1. The van der Waals surface area contributed by atoms with Crippen molar-refractivity contribution >= 4 is 17.2 Å². The molecule has 0 saturated carbocycles. The van der Waals surface area contributed by atoms with Gasteiger partial charge in [0.1, 0.15) is 0 Å². The molecule has 3 nitrogen and oxygen atoms in total. The summed E-state index contributed by atoms with van der Waals surface area (Å²) in [7, 11) is 1.83. The van der Waals surface area contributed by atoms with E-state index in [0.717, 1.165) is 13.1 Å². The fourth-order valence-corrected chi connectivity index (χ4v) is 2.93. The van der Waals surface area contributed by atoms with Crippen molar-refractivity contribution in [2.24, 2.45) is 0 Å². The molecule has 1 aromatic heterocycles. The van der Waals surface area contributed by atoms with E-state index >= 15 is 0 Å². The fraction of sp³-hybridized carbons (Fsp3) is 0.353. The van der Waals surface area contributed by atoms with Crippen molar-refractivity contribution in [1.82, 2.24) is 10.2 Å². The third kappa shape index (κ3) is 4.16. The van der Waals surface area contributed by atoms with Gasteiger partial charge in [-0.3, -0.25) is 4.79 Å². The predicted molar refractivity (Wildman–Crippen MR) is 89.4 cm³/mol. The van der Waals surface area contributed by atoms with Crippen LogP contribution >= 0.6 is 11.3 Å².